The summed E-state index contributed by atoms with van der Waals surface area (Å²) in [7, 11) is 0. The van der Waals surface area contributed by atoms with Crippen molar-refractivity contribution in [3.63, 3.8) is 0 Å². The zero-order valence-electron chi connectivity index (χ0n) is 19.9. The molecule has 0 aliphatic rings. The normalized spacial score (nSPS) is 11.1. The predicted octanol–water partition coefficient (Wildman–Crippen LogP) is 4.20. The Balaban J connectivity index is 1.37. The van der Waals surface area contributed by atoms with E-state index in [0.717, 1.165) is 5.56 Å². The summed E-state index contributed by atoms with van der Waals surface area (Å²) in [6.07, 6.45) is 2.07. The average Bonchev–Trinajstić information content (AvgIpc) is 3.38. The van der Waals surface area contributed by atoms with Crippen molar-refractivity contribution in [1.29, 1.82) is 0 Å². The number of nitro groups is 1. The van der Waals surface area contributed by atoms with E-state index in [4.69, 9.17) is 0 Å². The molecule has 0 atom stereocenters. The van der Waals surface area contributed by atoms with Gasteiger partial charge < -0.3 is 5.32 Å². The van der Waals surface area contributed by atoms with Crippen molar-refractivity contribution >= 4 is 33.1 Å². The Labute approximate surface area is 214 Å². The molecule has 0 bridgehead atoms. The summed E-state index contributed by atoms with van der Waals surface area (Å²) in [5, 5.41) is 15.7. The second-order valence-corrected chi connectivity index (χ2v) is 9.52. The topological polar surface area (TPSA) is 116 Å². The number of non-ortho nitro benzene ring substituents is 1. The van der Waals surface area contributed by atoms with Gasteiger partial charge in [-0.3, -0.25) is 28.8 Å². The molecule has 0 spiro atoms. The molecule has 37 heavy (non-hydrogen) atoms. The molecule has 4 rings (SSSR count). The molecule has 2 aromatic heterocycles. The lowest BCUT2D eigenvalue weighted by atomic mass is 10.1. The molecule has 0 saturated carbocycles. The minimum Gasteiger partial charge on any atom is -0.352 e. The summed E-state index contributed by atoms with van der Waals surface area (Å²) in [4.78, 5) is 48.9. The van der Waals surface area contributed by atoms with Crippen LogP contribution >= 0.6 is 11.3 Å². The first kappa shape index (κ1) is 26.0. The smallest absolute Gasteiger partial charge is 0.331 e. The molecule has 192 valence electrons. The molecular weight excluding hydrogens is 499 g/mol. The van der Waals surface area contributed by atoms with Gasteiger partial charge in [-0.05, 0) is 47.5 Å². The number of carbonyl (C=O) groups excluding carboxylic acids is 1. The summed E-state index contributed by atoms with van der Waals surface area (Å²) in [6.45, 7) is 0.624. The first-order valence-corrected chi connectivity index (χ1v) is 12.7. The summed E-state index contributed by atoms with van der Waals surface area (Å²) in [6, 6.07) is 13.7. The van der Waals surface area contributed by atoms with Crippen LogP contribution in [0.5, 0.6) is 0 Å². The number of nitrogens with one attached hydrogen (secondary N) is 1. The lowest BCUT2D eigenvalue weighted by Crippen LogP contribution is -2.39. The molecule has 2 aromatic carbocycles. The van der Waals surface area contributed by atoms with Crippen LogP contribution in [0, 0.1) is 15.9 Å². The molecule has 0 fully saturated rings. The number of amides is 1. The van der Waals surface area contributed by atoms with Crippen molar-refractivity contribution in [3.05, 3.63) is 108 Å². The fraction of sp³-hybridized carbons (Fsp3) is 0.269. The minimum absolute atomic E-state index is 0.0675. The van der Waals surface area contributed by atoms with Crippen molar-refractivity contribution in [2.75, 3.05) is 0 Å². The second-order valence-electron chi connectivity index (χ2n) is 8.60. The number of halogens is 1. The van der Waals surface area contributed by atoms with Crippen molar-refractivity contribution in [2.24, 2.45) is 0 Å². The SMILES string of the molecule is O=C(CCCCCn1c(=O)c2sccc2n(Cc2cccc([N+](=O)[O-])c2)c1=O)NCc1ccc(F)cc1. The Morgan fingerprint density at radius 2 is 1.78 bits per heavy atom. The van der Waals surface area contributed by atoms with Gasteiger partial charge in [0.05, 0.1) is 17.0 Å². The molecule has 9 nitrogen and oxygen atoms in total. The van der Waals surface area contributed by atoms with E-state index in [-0.39, 0.29) is 36.1 Å². The molecule has 0 aliphatic heterocycles. The number of rotatable bonds is 11. The number of nitro benzene ring substituents is 1. The number of fused-ring (bicyclic) bond motifs is 1. The molecule has 1 N–H and O–H groups in total. The highest BCUT2D eigenvalue weighted by molar-refractivity contribution is 7.17. The molecule has 11 heteroatoms. The average molecular weight is 525 g/mol. The van der Waals surface area contributed by atoms with Crippen molar-refractivity contribution < 1.29 is 14.1 Å². The van der Waals surface area contributed by atoms with Crippen LogP contribution in [0.25, 0.3) is 10.2 Å². The van der Waals surface area contributed by atoms with Crippen LogP contribution in [0.1, 0.15) is 36.8 Å². The third-order valence-corrected chi connectivity index (χ3v) is 6.88. The monoisotopic (exact) mass is 524 g/mol. The van der Waals surface area contributed by atoms with Crippen molar-refractivity contribution in [3.8, 4) is 0 Å². The van der Waals surface area contributed by atoms with E-state index in [1.54, 1.807) is 35.7 Å². The van der Waals surface area contributed by atoms with E-state index in [9.17, 15) is 28.9 Å². The lowest BCUT2D eigenvalue weighted by molar-refractivity contribution is -0.384. The molecular formula is C26H25FN4O5S. The summed E-state index contributed by atoms with van der Waals surface area (Å²) in [5.74, 6) is -0.455. The first-order chi connectivity index (χ1) is 17.8. The van der Waals surface area contributed by atoms with Crippen molar-refractivity contribution in [1.82, 2.24) is 14.5 Å². The standard InChI is InChI=1S/C26H25FN4O5S/c27-20-10-8-18(9-11-20)16-28-23(32)7-2-1-3-13-29-25(33)24-22(12-14-37-24)30(26(29)34)17-19-5-4-6-21(15-19)31(35)36/h4-6,8-12,14-15H,1-3,7,13,16-17H2,(H,28,32). The number of hydrogen-bond donors (Lipinski definition) is 1. The van der Waals surface area contributed by atoms with Crippen LogP contribution in [-0.2, 0) is 24.4 Å². The molecule has 0 aliphatic carbocycles. The third-order valence-electron chi connectivity index (χ3n) is 5.99. The maximum absolute atomic E-state index is 13.2. The van der Waals surface area contributed by atoms with Crippen LogP contribution in [0.3, 0.4) is 0 Å². The number of unbranched alkanes of at least 4 members (excludes halogenated alkanes) is 2. The Kier molecular flexibility index (Phi) is 8.24. The number of carbonyl (C=O) groups is 1. The Morgan fingerprint density at radius 1 is 1.00 bits per heavy atom. The highest BCUT2D eigenvalue weighted by Gasteiger charge is 2.15. The Morgan fingerprint density at radius 3 is 2.54 bits per heavy atom. The zero-order valence-corrected chi connectivity index (χ0v) is 20.7. The van der Waals surface area contributed by atoms with E-state index in [1.807, 2.05) is 0 Å². The maximum atomic E-state index is 13.2. The van der Waals surface area contributed by atoms with Crippen LogP contribution < -0.4 is 16.6 Å². The van der Waals surface area contributed by atoms with E-state index in [1.165, 1.54) is 44.7 Å². The quantitative estimate of drug-likeness (QED) is 0.179. The van der Waals surface area contributed by atoms with E-state index in [0.29, 0.717) is 48.0 Å². The van der Waals surface area contributed by atoms with Gasteiger partial charge in [-0.15, -0.1) is 11.3 Å². The largest absolute Gasteiger partial charge is 0.352 e. The van der Waals surface area contributed by atoms with E-state index in [2.05, 4.69) is 5.32 Å². The Bertz CT molecular complexity index is 1540. The molecule has 1 amide bonds. The molecule has 0 saturated heterocycles. The summed E-state index contributed by atoms with van der Waals surface area (Å²) < 4.78 is 16.1. The van der Waals surface area contributed by atoms with Crippen LogP contribution in [-0.4, -0.2) is 20.0 Å². The zero-order chi connectivity index (χ0) is 26.4. The first-order valence-electron chi connectivity index (χ1n) is 11.8. The van der Waals surface area contributed by atoms with Crippen LogP contribution in [0.15, 0.2) is 69.6 Å². The Hall–Kier alpha value is -4.12. The van der Waals surface area contributed by atoms with E-state index < -0.39 is 10.6 Å². The van der Waals surface area contributed by atoms with Gasteiger partial charge in [-0.25, -0.2) is 9.18 Å². The van der Waals surface area contributed by atoms with Crippen LogP contribution in [0.2, 0.25) is 0 Å². The third kappa shape index (κ3) is 6.36. The molecule has 2 heterocycles. The fourth-order valence-electron chi connectivity index (χ4n) is 4.06. The van der Waals surface area contributed by atoms with Gasteiger partial charge in [0.15, 0.2) is 0 Å². The van der Waals surface area contributed by atoms with Gasteiger partial charge >= 0.3 is 5.69 Å². The van der Waals surface area contributed by atoms with Crippen molar-refractivity contribution in [2.45, 2.75) is 45.3 Å². The number of nitrogens with zero attached hydrogens (tertiary/aromatic N) is 3. The number of hydrogen-bond acceptors (Lipinski definition) is 6. The van der Waals surface area contributed by atoms with E-state index >= 15 is 0 Å². The van der Waals surface area contributed by atoms with Crippen LogP contribution in [0.4, 0.5) is 10.1 Å². The lowest BCUT2D eigenvalue weighted by Gasteiger charge is -2.12. The van der Waals surface area contributed by atoms with Gasteiger partial charge in [-0.1, -0.05) is 30.7 Å². The number of thiophene rings is 1. The summed E-state index contributed by atoms with van der Waals surface area (Å²) >= 11 is 1.25. The maximum Gasteiger partial charge on any atom is 0.331 e. The highest BCUT2D eigenvalue weighted by atomic mass is 32.1. The predicted molar refractivity (Wildman–Crippen MR) is 139 cm³/mol. The summed E-state index contributed by atoms with van der Waals surface area (Å²) in [5.41, 5.74) is 0.990. The van der Waals surface area contributed by atoms with Gasteiger partial charge in [0.25, 0.3) is 11.2 Å². The minimum atomic E-state index is -0.490. The second kappa shape index (κ2) is 11.7. The van der Waals surface area contributed by atoms with Gasteiger partial charge in [-0.2, -0.15) is 0 Å². The number of benzene rings is 2. The molecule has 0 radical (unpaired) electrons. The number of aromatic nitrogens is 2. The van der Waals surface area contributed by atoms with Gasteiger partial charge in [0, 0.05) is 31.6 Å². The molecule has 4 aromatic rings. The highest BCUT2D eigenvalue weighted by Crippen LogP contribution is 2.19. The van der Waals surface area contributed by atoms with Gasteiger partial charge in [0.1, 0.15) is 10.5 Å². The molecule has 0 unspecified atom stereocenters. The van der Waals surface area contributed by atoms with Gasteiger partial charge in [0.2, 0.25) is 5.91 Å². The fourth-order valence-corrected chi connectivity index (χ4v) is 4.90.